The number of nitrogens with one attached hydrogen (secondary N) is 1. The van der Waals surface area contributed by atoms with Gasteiger partial charge in [-0.3, -0.25) is 9.59 Å². The normalized spacial score (nSPS) is 17.7. The average Bonchev–Trinajstić information content (AvgIpc) is 2.58. The summed E-state index contributed by atoms with van der Waals surface area (Å²) in [4.78, 5) is 24.9. The van der Waals surface area contributed by atoms with E-state index in [1.807, 2.05) is 30.3 Å². The van der Waals surface area contributed by atoms with Crippen molar-refractivity contribution in [2.24, 2.45) is 5.92 Å². The molecule has 1 fully saturated rings. The largest absolute Gasteiger partial charge is 0.480 e. The molecule has 5 nitrogen and oxygen atoms in total. The fraction of sp³-hybridized carbons (Fsp3) is 0.556. The Kier molecular flexibility index (Phi) is 7.07. The first kappa shape index (κ1) is 17.5. The summed E-state index contributed by atoms with van der Waals surface area (Å²) in [5.74, 6) is -0.465. The number of nitrogens with zero attached hydrogens (tertiary/aromatic N) is 1. The molecule has 2 N–H and O–H groups in total. The molecule has 1 aromatic carbocycles. The third-order valence-corrected chi connectivity index (χ3v) is 4.36. The number of rotatable bonds is 8. The van der Waals surface area contributed by atoms with E-state index < -0.39 is 5.97 Å². The van der Waals surface area contributed by atoms with Crippen LogP contribution in [0.1, 0.15) is 31.2 Å². The van der Waals surface area contributed by atoms with Gasteiger partial charge in [0.2, 0.25) is 5.91 Å². The van der Waals surface area contributed by atoms with Crippen LogP contribution in [0.5, 0.6) is 0 Å². The summed E-state index contributed by atoms with van der Waals surface area (Å²) in [5.41, 5.74) is 1.12. The molecule has 0 saturated carbocycles. The minimum atomic E-state index is -0.953. The van der Waals surface area contributed by atoms with Crippen LogP contribution in [0, 0.1) is 5.92 Å². The van der Waals surface area contributed by atoms with Gasteiger partial charge in [0.25, 0.3) is 0 Å². The molecule has 0 aliphatic carbocycles. The third kappa shape index (κ3) is 6.40. The van der Waals surface area contributed by atoms with Crippen LogP contribution in [0.25, 0.3) is 0 Å². The maximum absolute atomic E-state index is 12.4. The molecule has 0 radical (unpaired) electrons. The molecule has 1 unspecified atom stereocenters. The van der Waals surface area contributed by atoms with Gasteiger partial charge >= 0.3 is 5.97 Å². The van der Waals surface area contributed by atoms with Gasteiger partial charge in [0.05, 0.1) is 0 Å². The minimum Gasteiger partial charge on any atom is -0.480 e. The molecular weight excluding hydrogens is 292 g/mol. The number of piperidine rings is 1. The van der Waals surface area contributed by atoms with E-state index in [1.54, 1.807) is 0 Å². The van der Waals surface area contributed by atoms with E-state index in [1.165, 1.54) is 4.90 Å². The van der Waals surface area contributed by atoms with Crippen molar-refractivity contribution in [1.82, 2.24) is 10.2 Å². The Morgan fingerprint density at radius 3 is 2.70 bits per heavy atom. The van der Waals surface area contributed by atoms with Crippen LogP contribution in [0.15, 0.2) is 30.3 Å². The molecule has 23 heavy (non-hydrogen) atoms. The van der Waals surface area contributed by atoms with Gasteiger partial charge in [-0.1, -0.05) is 30.3 Å². The molecule has 1 aliphatic rings. The van der Waals surface area contributed by atoms with Crippen molar-refractivity contribution < 1.29 is 14.7 Å². The highest BCUT2D eigenvalue weighted by Gasteiger charge is 2.19. The van der Waals surface area contributed by atoms with E-state index in [2.05, 4.69) is 5.32 Å². The fourth-order valence-electron chi connectivity index (χ4n) is 3.02. The summed E-state index contributed by atoms with van der Waals surface area (Å²) in [6.45, 7) is 2.27. The predicted molar refractivity (Wildman–Crippen MR) is 89.2 cm³/mol. The van der Waals surface area contributed by atoms with Gasteiger partial charge in [0.15, 0.2) is 0 Å². The fourth-order valence-corrected chi connectivity index (χ4v) is 3.02. The Morgan fingerprint density at radius 1 is 1.26 bits per heavy atom. The zero-order valence-electron chi connectivity index (χ0n) is 13.5. The Hall–Kier alpha value is -1.88. The molecule has 0 bridgehead atoms. The summed E-state index contributed by atoms with van der Waals surface area (Å²) in [5, 5.41) is 12.4. The third-order valence-electron chi connectivity index (χ3n) is 4.36. The summed E-state index contributed by atoms with van der Waals surface area (Å²) >= 11 is 0. The number of hydrogen-bond donors (Lipinski definition) is 2. The molecule has 1 saturated heterocycles. The summed E-state index contributed by atoms with van der Waals surface area (Å²) < 4.78 is 0. The Bertz CT molecular complexity index is 498. The molecule has 2 rings (SSSR count). The lowest BCUT2D eigenvalue weighted by Gasteiger charge is -2.25. The van der Waals surface area contributed by atoms with Crippen molar-refractivity contribution in [1.29, 1.82) is 0 Å². The van der Waals surface area contributed by atoms with E-state index in [0.717, 1.165) is 37.9 Å². The van der Waals surface area contributed by atoms with E-state index in [9.17, 15) is 9.59 Å². The van der Waals surface area contributed by atoms with Crippen LogP contribution < -0.4 is 5.32 Å². The lowest BCUT2D eigenvalue weighted by molar-refractivity contribution is -0.144. The first-order valence-electron chi connectivity index (χ1n) is 8.39. The van der Waals surface area contributed by atoms with Crippen molar-refractivity contribution in [3.8, 4) is 0 Å². The van der Waals surface area contributed by atoms with Crippen LogP contribution in [-0.4, -0.2) is 48.1 Å². The second-order valence-corrected chi connectivity index (χ2v) is 6.20. The van der Waals surface area contributed by atoms with Crippen LogP contribution in [0.4, 0.5) is 0 Å². The standard InChI is InChI=1S/C18H26N2O3/c21-17(9-8-16-7-4-11-19-13-16)20(14-18(22)23)12-10-15-5-2-1-3-6-15/h1-3,5-6,16,19H,4,7-14H2,(H,22,23). The van der Waals surface area contributed by atoms with Crippen molar-refractivity contribution >= 4 is 11.9 Å². The Morgan fingerprint density at radius 2 is 2.04 bits per heavy atom. The molecule has 1 atom stereocenters. The minimum absolute atomic E-state index is 0.0473. The molecule has 1 aliphatic heterocycles. The van der Waals surface area contributed by atoms with Crippen LogP contribution in [0.2, 0.25) is 0 Å². The maximum atomic E-state index is 12.4. The summed E-state index contributed by atoms with van der Waals surface area (Å²) in [6, 6.07) is 9.85. The van der Waals surface area contributed by atoms with Gasteiger partial charge < -0.3 is 15.3 Å². The molecule has 1 aromatic rings. The average molecular weight is 318 g/mol. The monoisotopic (exact) mass is 318 g/mol. The predicted octanol–water partition coefficient (Wildman–Crippen LogP) is 1.92. The van der Waals surface area contributed by atoms with E-state index >= 15 is 0 Å². The molecule has 5 heteroatoms. The summed E-state index contributed by atoms with van der Waals surface area (Å²) in [7, 11) is 0. The molecule has 0 spiro atoms. The molecular formula is C18H26N2O3. The zero-order valence-corrected chi connectivity index (χ0v) is 13.5. The number of carboxylic acids is 1. The van der Waals surface area contributed by atoms with Crippen molar-refractivity contribution in [3.05, 3.63) is 35.9 Å². The lowest BCUT2D eigenvalue weighted by atomic mass is 9.94. The van der Waals surface area contributed by atoms with Gasteiger partial charge in [-0.05, 0) is 50.3 Å². The highest BCUT2D eigenvalue weighted by atomic mass is 16.4. The number of carbonyl (C=O) groups excluding carboxylic acids is 1. The lowest BCUT2D eigenvalue weighted by Crippen LogP contribution is -2.38. The molecule has 126 valence electrons. The quantitative estimate of drug-likeness (QED) is 0.768. The molecule has 0 aromatic heterocycles. The number of aliphatic carboxylic acids is 1. The second kappa shape index (κ2) is 9.30. The van der Waals surface area contributed by atoms with Crippen LogP contribution in [-0.2, 0) is 16.0 Å². The van der Waals surface area contributed by atoms with Gasteiger partial charge in [-0.15, -0.1) is 0 Å². The second-order valence-electron chi connectivity index (χ2n) is 6.20. The van der Waals surface area contributed by atoms with E-state index in [0.29, 0.717) is 25.3 Å². The highest BCUT2D eigenvalue weighted by molar-refractivity contribution is 5.81. The molecule has 1 heterocycles. The maximum Gasteiger partial charge on any atom is 0.323 e. The van der Waals surface area contributed by atoms with Crippen molar-refractivity contribution in [3.63, 3.8) is 0 Å². The first-order chi connectivity index (χ1) is 11.1. The highest BCUT2D eigenvalue weighted by Crippen LogP contribution is 2.16. The van der Waals surface area contributed by atoms with Crippen molar-refractivity contribution in [2.75, 3.05) is 26.2 Å². The van der Waals surface area contributed by atoms with Gasteiger partial charge in [-0.25, -0.2) is 0 Å². The number of carbonyl (C=O) groups is 2. The smallest absolute Gasteiger partial charge is 0.323 e. The van der Waals surface area contributed by atoms with Gasteiger partial charge in [0, 0.05) is 13.0 Å². The SMILES string of the molecule is O=C(O)CN(CCc1ccccc1)C(=O)CCC1CCCNC1. The van der Waals surface area contributed by atoms with Crippen molar-refractivity contribution in [2.45, 2.75) is 32.1 Å². The zero-order chi connectivity index (χ0) is 16.5. The van der Waals surface area contributed by atoms with Gasteiger partial charge in [0.1, 0.15) is 6.54 Å². The number of benzene rings is 1. The number of carboxylic acid groups (broad SMARTS) is 1. The first-order valence-corrected chi connectivity index (χ1v) is 8.39. The number of amides is 1. The topological polar surface area (TPSA) is 69.6 Å². The molecule has 1 amide bonds. The Balaban J connectivity index is 1.83. The number of hydrogen-bond acceptors (Lipinski definition) is 3. The van der Waals surface area contributed by atoms with Gasteiger partial charge in [-0.2, -0.15) is 0 Å². The van der Waals surface area contributed by atoms with Crippen LogP contribution in [0.3, 0.4) is 0 Å². The van der Waals surface area contributed by atoms with Crippen LogP contribution >= 0.6 is 0 Å². The van der Waals surface area contributed by atoms with E-state index in [4.69, 9.17) is 5.11 Å². The summed E-state index contributed by atoms with van der Waals surface area (Å²) in [6.07, 6.45) is 4.28. The Labute approximate surface area is 137 Å². The van der Waals surface area contributed by atoms with E-state index in [-0.39, 0.29) is 12.5 Å².